The maximum absolute atomic E-state index is 12.1. The number of pyridine rings is 1. The predicted molar refractivity (Wildman–Crippen MR) is 98.7 cm³/mol. The average Bonchev–Trinajstić information content (AvgIpc) is 2.59. The fraction of sp³-hybridized carbons (Fsp3) is 0.438. The summed E-state index contributed by atoms with van der Waals surface area (Å²) in [4.78, 5) is 20.7. The number of hydrogen-bond donors (Lipinski definition) is 0. The molecule has 0 aromatic carbocycles. The minimum atomic E-state index is -3.36. The standard InChI is InChI=1S/C16H18ClN5O3S/c1-20-16(23)14(17)12(7-19-20)21-8-10-6-11(9-21)22(10)15-13(26(2,24)25)4-3-5-18-15/h3-5,7,10-11H,6,8-9H2,1-2H3. The van der Waals surface area contributed by atoms with Crippen LogP contribution >= 0.6 is 11.6 Å². The summed E-state index contributed by atoms with van der Waals surface area (Å²) in [5.41, 5.74) is 0.290. The van der Waals surface area contributed by atoms with Crippen molar-refractivity contribution in [2.24, 2.45) is 7.05 Å². The Balaban J connectivity index is 1.63. The molecule has 8 nitrogen and oxygen atoms in total. The van der Waals surface area contributed by atoms with Crippen LogP contribution in [0.2, 0.25) is 5.02 Å². The number of hydrogen-bond acceptors (Lipinski definition) is 7. The second-order valence-electron chi connectivity index (χ2n) is 6.73. The predicted octanol–water partition coefficient (Wildman–Crippen LogP) is 0.700. The van der Waals surface area contributed by atoms with E-state index in [1.54, 1.807) is 31.6 Å². The van der Waals surface area contributed by atoms with Gasteiger partial charge in [-0.2, -0.15) is 5.10 Å². The Hall–Kier alpha value is -2.13. The highest BCUT2D eigenvalue weighted by Crippen LogP contribution is 2.40. The average molecular weight is 396 g/mol. The lowest BCUT2D eigenvalue weighted by molar-refractivity contribution is 0.287. The van der Waals surface area contributed by atoms with Crippen LogP contribution in [0.15, 0.2) is 34.2 Å². The van der Waals surface area contributed by atoms with Gasteiger partial charge >= 0.3 is 0 Å². The van der Waals surface area contributed by atoms with Gasteiger partial charge in [0.2, 0.25) is 0 Å². The molecule has 0 spiro atoms. The first kappa shape index (κ1) is 17.3. The summed E-state index contributed by atoms with van der Waals surface area (Å²) < 4.78 is 25.4. The molecule has 0 N–H and O–H groups in total. The third-order valence-corrected chi connectivity index (χ3v) is 6.46. The van der Waals surface area contributed by atoms with E-state index in [2.05, 4.69) is 15.0 Å². The molecular weight excluding hydrogens is 378 g/mol. The molecule has 26 heavy (non-hydrogen) atoms. The van der Waals surface area contributed by atoms with E-state index in [0.717, 1.165) is 6.42 Å². The first-order valence-corrected chi connectivity index (χ1v) is 10.4. The summed E-state index contributed by atoms with van der Waals surface area (Å²) >= 11 is 6.21. The number of fused-ring (bicyclic) bond motifs is 2. The molecule has 2 aromatic heterocycles. The minimum Gasteiger partial charge on any atom is -0.365 e. The summed E-state index contributed by atoms with van der Waals surface area (Å²) in [5.74, 6) is 0.504. The topological polar surface area (TPSA) is 88.4 Å². The lowest BCUT2D eigenvalue weighted by Crippen LogP contribution is -2.69. The Morgan fingerprint density at radius 2 is 1.96 bits per heavy atom. The zero-order valence-corrected chi connectivity index (χ0v) is 15.9. The van der Waals surface area contributed by atoms with Crippen LogP contribution in [-0.4, -0.2) is 54.6 Å². The molecule has 3 aliphatic rings. The Kier molecular flexibility index (Phi) is 3.96. The number of halogens is 1. The number of aryl methyl sites for hydroxylation is 1. The first-order chi connectivity index (χ1) is 12.3. The maximum atomic E-state index is 12.1. The molecule has 0 amide bonds. The van der Waals surface area contributed by atoms with Crippen LogP contribution in [0, 0.1) is 0 Å². The lowest BCUT2D eigenvalue weighted by Gasteiger charge is -2.57. The highest BCUT2D eigenvalue weighted by Gasteiger charge is 2.47. The normalized spacial score (nSPS) is 22.3. The van der Waals surface area contributed by atoms with E-state index >= 15 is 0 Å². The summed E-state index contributed by atoms with van der Waals surface area (Å²) in [7, 11) is -1.80. The van der Waals surface area contributed by atoms with Gasteiger partial charge in [0, 0.05) is 32.6 Å². The van der Waals surface area contributed by atoms with Crippen molar-refractivity contribution in [2.75, 3.05) is 29.1 Å². The van der Waals surface area contributed by atoms with Crippen LogP contribution in [0.25, 0.3) is 0 Å². The van der Waals surface area contributed by atoms with Crippen LogP contribution in [0.3, 0.4) is 0 Å². The van der Waals surface area contributed by atoms with Crippen molar-refractivity contribution in [1.29, 1.82) is 0 Å². The van der Waals surface area contributed by atoms with Crippen LogP contribution < -0.4 is 15.4 Å². The number of aromatic nitrogens is 3. The van der Waals surface area contributed by atoms with Crippen molar-refractivity contribution < 1.29 is 8.42 Å². The fourth-order valence-electron chi connectivity index (χ4n) is 3.74. The summed E-state index contributed by atoms with van der Waals surface area (Å²) in [6, 6.07) is 3.45. The summed E-state index contributed by atoms with van der Waals surface area (Å²) in [6.45, 7) is 1.26. The molecule has 0 aliphatic carbocycles. The van der Waals surface area contributed by atoms with Crippen molar-refractivity contribution >= 4 is 32.9 Å². The lowest BCUT2D eigenvalue weighted by atomic mass is 9.87. The van der Waals surface area contributed by atoms with Crippen molar-refractivity contribution in [3.63, 3.8) is 0 Å². The van der Waals surface area contributed by atoms with Crippen molar-refractivity contribution in [3.8, 4) is 0 Å². The largest absolute Gasteiger partial charge is 0.365 e. The van der Waals surface area contributed by atoms with Crippen molar-refractivity contribution in [1.82, 2.24) is 14.8 Å². The highest BCUT2D eigenvalue weighted by atomic mass is 35.5. The molecule has 3 fully saturated rings. The maximum Gasteiger partial charge on any atom is 0.287 e. The van der Waals surface area contributed by atoms with E-state index in [-0.39, 0.29) is 27.6 Å². The number of piperazine rings is 1. The third-order valence-electron chi connectivity index (χ3n) is 4.99. The van der Waals surface area contributed by atoms with E-state index in [9.17, 15) is 13.2 Å². The van der Waals surface area contributed by atoms with Crippen LogP contribution in [0.4, 0.5) is 11.5 Å². The van der Waals surface area contributed by atoms with Gasteiger partial charge in [-0.3, -0.25) is 4.79 Å². The van der Waals surface area contributed by atoms with Crippen molar-refractivity contribution in [2.45, 2.75) is 23.4 Å². The van der Waals surface area contributed by atoms with Crippen LogP contribution in [0.1, 0.15) is 6.42 Å². The van der Waals surface area contributed by atoms with E-state index in [4.69, 9.17) is 11.6 Å². The van der Waals surface area contributed by atoms with Gasteiger partial charge in [0.05, 0.1) is 24.0 Å². The molecule has 138 valence electrons. The molecular formula is C16H18ClN5O3S. The summed E-state index contributed by atoms with van der Waals surface area (Å²) in [6.07, 6.45) is 5.35. The molecule has 0 radical (unpaired) electrons. The summed E-state index contributed by atoms with van der Waals surface area (Å²) in [5, 5.41) is 4.21. The molecule has 5 rings (SSSR count). The third kappa shape index (κ3) is 2.66. The number of anilines is 2. The quantitative estimate of drug-likeness (QED) is 0.755. The van der Waals surface area contributed by atoms with Gasteiger partial charge in [-0.15, -0.1) is 0 Å². The van der Waals surface area contributed by atoms with E-state index in [1.165, 1.54) is 10.9 Å². The molecule has 5 heterocycles. The van der Waals surface area contributed by atoms with Gasteiger partial charge in [-0.05, 0) is 18.6 Å². The van der Waals surface area contributed by atoms with Gasteiger partial charge in [-0.25, -0.2) is 18.1 Å². The highest BCUT2D eigenvalue weighted by molar-refractivity contribution is 7.90. The van der Waals surface area contributed by atoms with Gasteiger partial charge < -0.3 is 9.80 Å². The Morgan fingerprint density at radius 1 is 1.27 bits per heavy atom. The van der Waals surface area contributed by atoms with Gasteiger partial charge in [0.1, 0.15) is 15.7 Å². The molecule has 0 saturated carbocycles. The molecule has 2 atom stereocenters. The molecule has 3 aliphatic heterocycles. The SMILES string of the molecule is Cn1ncc(N2CC3CC(C2)N3c2ncccc2S(C)(=O)=O)c(Cl)c1=O. The van der Waals surface area contributed by atoms with Crippen molar-refractivity contribution in [3.05, 3.63) is 39.9 Å². The monoisotopic (exact) mass is 395 g/mol. The smallest absolute Gasteiger partial charge is 0.287 e. The zero-order valence-electron chi connectivity index (χ0n) is 14.3. The molecule has 2 unspecified atom stereocenters. The second kappa shape index (κ2) is 5.95. The van der Waals surface area contributed by atoms with E-state index in [1.807, 2.05) is 4.90 Å². The first-order valence-electron chi connectivity index (χ1n) is 8.17. The molecule has 10 heteroatoms. The number of sulfone groups is 1. The van der Waals surface area contributed by atoms with Gasteiger partial charge in [0.15, 0.2) is 9.84 Å². The van der Waals surface area contributed by atoms with E-state index in [0.29, 0.717) is 24.6 Å². The Morgan fingerprint density at radius 3 is 2.62 bits per heavy atom. The fourth-order valence-corrected chi connectivity index (χ4v) is 4.85. The molecule has 2 bridgehead atoms. The number of nitrogens with zero attached hydrogens (tertiary/aromatic N) is 5. The minimum absolute atomic E-state index is 0.115. The Labute approximate surface area is 155 Å². The van der Waals surface area contributed by atoms with Gasteiger partial charge in [0.25, 0.3) is 5.56 Å². The number of rotatable bonds is 3. The molecule has 2 aromatic rings. The molecule has 3 saturated heterocycles. The van der Waals surface area contributed by atoms with E-state index < -0.39 is 9.84 Å². The zero-order chi connectivity index (χ0) is 18.6. The Bertz CT molecular complexity index is 1030. The van der Waals surface area contributed by atoms with Crippen LogP contribution in [-0.2, 0) is 16.9 Å². The second-order valence-corrected chi connectivity index (χ2v) is 9.09. The number of piperidine rings is 1. The van der Waals surface area contributed by atoms with Gasteiger partial charge in [-0.1, -0.05) is 11.6 Å². The van der Waals surface area contributed by atoms with Crippen LogP contribution in [0.5, 0.6) is 0 Å².